The number of halogens is 1. The Bertz CT molecular complexity index is 963. The summed E-state index contributed by atoms with van der Waals surface area (Å²) in [6.45, 7) is 5.91. The van der Waals surface area contributed by atoms with Gasteiger partial charge in [-0.1, -0.05) is 23.7 Å². The maximum atomic E-state index is 6.18. The van der Waals surface area contributed by atoms with Crippen molar-refractivity contribution in [3.8, 4) is 11.5 Å². The molecule has 6 nitrogen and oxygen atoms in total. The Kier molecular flexibility index (Phi) is 6.21. The Hall–Kier alpha value is -2.99. The monoisotopic (exact) mass is 398 g/mol. The number of hydrogen-bond donors (Lipinski definition) is 2. The summed E-state index contributed by atoms with van der Waals surface area (Å²) in [7, 11) is 1.60. The van der Waals surface area contributed by atoms with Gasteiger partial charge < -0.3 is 20.1 Å². The van der Waals surface area contributed by atoms with E-state index in [1.165, 1.54) is 0 Å². The highest BCUT2D eigenvalue weighted by molar-refractivity contribution is 6.31. The molecule has 0 unspecified atom stereocenters. The van der Waals surface area contributed by atoms with Crippen LogP contribution in [0.15, 0.2) is 48.7 Å². The minimum Gasteiger partial charge on any atom is -0.495 e. The van der Waals surface area contributed by atoms with E-state index in [2.05, 4.69) is 20.6 Å². The van der Waals surface area contributed by atoms with Gasteiger partial charge in [-0.3, -0.25) is 0 Å². The summed E-state index contributed by atoms with van der Waals surface area (Å²) in [6.07, 6.45) is 1.75. The molecule has 0 fully saturated rings. The Morgan fingerprint density at radius 1 is 1.00 bits per heavy atom. The van der Waals surface area contributed by atoms with Gasteiger partial charge in [-0.25, -0.2) is 4.98 Å². The zero-order valence-corrected chi connectivity index (χ0v) is 17.0. The summed E-state index contributed by atoms with van der Waals surface area (Å²) in [4.78, 5) is 8.83. The number of methoxy groups -OCH3 is 1. The van der Waals surface area contributed by atoms with Crippen molar-refractivity contribution < 1.29 is 9.47 Å². The molecule has 2 N–H and O–H groups in total. The zero-order chi connectivity index (χ0) is 20.1. The standard InChI is InChI=1S/C21H23ClN4O2/c1-13(2)28-18-8-6-5-7-16(18)25-21-23-10-9-20(26-21)24-17-11-14(3)15(22)12-19(17)27-4/h5-13H,1-4H3,(H2,23,24,25,26). The zero-order valence-electron chi connectivity index (χ0n) is 16.3. The van der Waals surface area contributed by atoms with Crippen LogP contribution in [0.4, 0.5) is 23.1 Å². The lowest BCUT2D eigenvalue weighted by Crippen LogP contribution is -2.08. The highest BCUT2D eigenvalue weighted by Crippen LogP contribution is 2.33. The van der Waals surface area contributed by atoms with Crippen LogP contribution < -0.4 is 20.1 Å². The van der Waals surface area contributed by atoms with E-state index >= 15 is 0 Å². The second kappa shape index (κ2) is 8.80. The van der Waals surface area contributed by atoms with Crippen LogP contribution in [0, 0.1) is 6.92 Å². The Morgan fingerprint density at radius 3 is 2.54 bits per heavy atom. The molecular formula is C21H23ClN4O2. The molecule has 3 rings (SSSR count). The molecule has 0 spiro atoms. The predicted molar refractivity (Wildman–Crippen MR) is 114 cm³/mol. The van der Waals surface area contributed by atoms with Gasteiger partial charge in [-0.15, -0.1) is 0 Å². The molecule has 0 saturated heterocycles. The maximum absolute atomic E-state index is 6.18. The molecule has 1 heterocycles. The fourth-order valence-electron chi connectivity index (χ4n) is 2.60. The molecular weight excluding hydrogens is 376 g/mol. The number of aromatic nitrogens is 2. The van der Waals surface area contributed by atoms with Gasteiger partial charge in [0, 0.05) is 17.3 Å². The van der Waals surface area contributed by atoms with Gasteiger partial charge in [0.15, 0.2) is 0 Å². The van der Waals surface area contributed by atoms with Crippen LogP contribution in [0.25, 0.3) is 0 Å². The normalized spacial score (nSPS) is 10.6. The molecule has 0 aliphatic rings. The third-order valence-electron chi connectivity index (χ3n) is 3.90. The summed E-state index contributed by atoms with van der Waals surface area (Å²) >= 11 is 6.18. The van der Waals surface area contributed by atoms with Crippen molar-refractivity contribution in [3.05, 3.63) is 59.2 Å². The van der Waals surface area contributed by atoms with Gasteiger partial charge >= 0.3 is 0 Å². The molecule has 0 atom stereocenters. The van der Waals surface area contributed by atoms with Crippen molar-refractivity contribution in [1.29, 1.82) is 0 Å². The number of nitrogens with one attached hydrogen (secondary N) is 2. The summed E-state index contributed by atoms with van der Waals surface area (Å²) < 4.78 is 11.2. The molecule has 7 heteroatoms. The number of nitrogens with zero attached hydrogens (tertiary/aromatic N) is 2. The van der Waals surface area contributed by atoms with Crippen molar-refractivity contribution in [2.75, 3.05) is 17.7 Å². The predicted octanol–water partition coefficient (Wildman–Crippen LogP) is 5.72. The van der Waals surface area contributed by atoms with Crippen molar-refractivity contribution in [2.45, 2.75) is 26.9 Å². The lowest BCUT2D eigenvalue weighted by Gasteiger charge is -2.15. The number of anilines is 4. The van der Waals surface area contributed by atoms with Gasteiger partial charge in [-0.2, -0.15) is 4.98 Å². The average Bonchev–Trinajstić information content (AvgIpc) is 2.66. The third-order valence-corrected chi connectivity index (χ3v) is 4.30. The van der Waals surface area contributed by atoms with Crippen molar-refractivity contribution in [2.24, 2.45) is 0 Å². The topological polar surface area (TPSA) is 68.3 Å². The number of para-hydroxylation sites is 2. The molecule has 0 aliphatic carbocycles. The van der Waals surface area contributed by atoms with E-state index in [-0.39, 0.29) is 6.10 Å². The SMILES string of the molecule is COc1cc(Cl)c(C)cc1Nc1ccnc(Nc2ccccc2OC(C)C)n1. The van der Waals surface area contributed by atoms with E-state index < -0.39 is 0 Å². The molecule has 3 aromatic rings. The smallest absolute Gasteiger partial charge is 0.229 e. The first-order valence-corrected chi connectivity index (χ1v) is 9.31. The molecule has 2 aromatic carbocycles. The quantitative estimate of drug-likeness (QED) is 0.530. The van der Waals surface area contributed by atoms with Crippen LogP contribution in [0.3, 0.4) is 0 Å². The van der Waals surface area contributed by atoms with Crippen molar-refractivity contribution >= 4 is 34.7 Å². The lowest BCUT2D eigenvalue weighted by atomic mass is 10.2. The first-order valence-electron chi connectivity index (χ1n) is 8.93. The van der Waals surface area contributed by atoms with Gasteiger partial charge in [0.2, 0.25) is 5.95 Å². The van der Waals surface area contributed by atoms with Crippen LogP contribution >= 0.6 is 11.6 Å². The molecule has 0 radical (unpaired) electrons. The van der Waals surface area contributed by atoms with Crippen LogP contribution in [-0.2, 0) is 0 Å². The van der Waals surface area contributed by atoms with Crippen molar-refractivity contribution in [1.82, 2.24) is 9.97 Å². The maximum Gasteiger partial charge on any atom is 0.229 e. The summed E-state index contributed by atoms with van der Waals surface area (Å²) in [5.41, 5.74) is 2.52. The number of rotatable bonds is 7. The molecule has 28 heavy (non-hydrogen) atoms. The number of hydrogen-bond acceptors (Lipinski definition) is 6. The number of ether oxygens (including phenoxy) is 2. The first-order chi connectivity index (χ1) is 13.5. The Morgan fingerprint density at radius 2 is 1.79 bits per heavy atom. The summed E-state index contributed by atoms with van der Waals surface area (Å²) in [5, 5.41) is 7.12. The third kappa shape index (κ3) is 4.84. The molecule has 0 aliphatic heterocycles. The van der Waals surface area contributed by atoms with Crippen LogP contribution in [-0.4, -0.2) is 23.2 Å². The second-order valence-electron chi connectivity index (χ2n) is 6.48. The molecule has 0 amide bonds. The largest absolute Gasteiger partial charge is 0.495 e. The lowest BCUT2D eigenvalue weighted by molar-refractivity contribution is 0.244. The minimum absolute atomic E-state index is 0.0671. The highest BCUT2D eigenvalue weighted by atomic mass is 35.5. The van der Waals surface area contributed by atoms with Crippen LogP contribution in [0.5, 0.6) is 11.5 Å². The minimum atomic E-state index is 0.0671. The second-order valence-corrected chi connectivity index (χ2v) is 6.89. The molecule has 146 valence electrons. The van der Waals surface area contributed by atoms with E-state index in [0.29, 0.717) is 22.5 Å². The number of benzene rings is 2. The first kappa shape index (κ1) is 19.8. The highest BCUT2D eigenvalue weighted by Gasteiger charge is 2.10. The Balaban J connectivity index is 1.84. The summed E-state index contributed by atoms with van der Waals surface area (Å²) in [5.74, 6) is 2.46. The van der Waals surface area contributed by atoms with E-state index in [1.807, 2.05) is 51.1 Å². The van der Waals surface area contributed by atoms with E-state index in [0.717, 1.165) is 22.7 Å². The summed E-state index contributed by atoms with van der Waals surface area (Å²) in [6, 6.07) is 13.2. The average molecular weight is 399 g/mol. The van der Waals surface area contributed by atoms with Gasteiger partial charge in [-0.05, 0) is 50.6 Å². The van der Waals surface area contributed by atoms with Crippen molar-refractivity contribution in [3.63, 3.8) is 0 Å². The van der Waals surface area contributed by atoms with Crippen LogP contribution in [0.1, 0.15) is 19.4 Å². The number of aryl methyl sites for hydroxylation is 1. The van der Waals surface area contributed by atoms with E-state index in [4.69, 9.17) is 21.1 Å². The molecule has 0 saturated carbocycles. The van der Waals surface area contributed by atoms with E-state index in [9.17, 15) is 0 Å². The van der Waals surface area contributed by atoms with E-state index in [1.54, 1.807) is 25.4 Å². The Labute approximate surface area is 169 Å². The van der Waals surface area contributed by atoms with Gasteiger partial charge in [0.25, 0.3) is 0 Å². The van der Waals surface area contributed by atoms with Crippen LogP contribution in [0.2, 0.25) is 5.02 Å². The molecule has 1 aromatic heterocycles. The van der Waals surface area contributed by atoms with Gasteiger partial charge in [0.1, 0.15) is 17.3 Å². The fraction of sp³-hybridized carbons (Fsp3) is 0.238. The molecule has 0 bridgehead atoms. The van der Waals surface area contributed by atoms with Gasteiger partial charge in [0.05, 0.1) is 24.6 Å². The fourth-order valence-corrected chi connectivity index (χ4v) is 2.76.